The molecule has 0 bridgehead atoms. The molecule has 0 aromatic heterocycles. The van der Waals surface area contributed by atoms with Gasteiger partial charge in [-0.2, -0.15) is 0 Å². The van der Waals surface area contributed by atoms with Gasteiger partial charge in [-0.05, 0) is 261 Å². The molecule has 17 nitrogen and oxygen atoms in total. The number of ketones is 2. The van der Waals surface area contributed by atoms with E-state index in [-0.39, 0.29) is 57.5 Å². The average molecular weight is 1170 g/mol. The van der Waals surface area contributed by atoms with Crippen molar-refractivity contribution in [1.29, 1.82) is 0 Å². The summed E-state index contributed by atoms with van der Waals surface area (Å²) in [6.07, 6.45) is 31.3. The van der Waals surface area contributed by atoms with E-state index >= 15 is 0 Å². The molecule has 84 heavy (non-hydrogen) atoms. The average Bonchev–Trinajstić information content (AvgIpc) is 3.00. The van der Waals surface area contributed by atoms with E-state index in [1.54, 1.807) is 19.2 Å². The number of aliphatic carboxylic acids is 3. The number of hydrogen-bond acceptors (Lipinski definition) is 14. The fraction of sp³-hybridized carbons (Fsp3) is 0.791. The number of allylic oxidation sites excluding steroid dienone is 5. The summed E-state index contributed by atoms with van der Waals surface area (Å²) < 4.78 is 0. The fourth-order valence-electron chi connectivity index (χ4n) is 21.8. The Morgan fingerprint density at radius 3 is 1.62 bits per heavy atom. The number of aliphatic hydroxyl groups is 3. The second-order valence-corrected chi connectivity index (χ2v) is 29.5. The predicted molar refractivity (Wildman–Crippen MR) is 315 cm³/mol. The van der Waals surface area contributed by atoms with Crippen LogP contribution in [0.15, 0.2) is 50.4 Å². The Labute approximate surface area is 496 Å². The van der Waals surface area contributed by atoms with Gasteiger partial charge in [0.05, 0.1) is 29.8 Å². The van der Waals surface area contributed by atoms with Crippen LogP contribution < -0.4 is 0 Å². The molecule has 11 unspecified atom stereocenters. The van der Waals surface area contributed by atoms with Crippen LogP contribution in [0, 0.1) is 91.7 Å². The highest BCUT2D eigenvalue weighted by Crippen LogP contribution is 2.70. The first kappa shape index (κ1) is 62.3. The van der Waals surface area contributed by atoms with Crippen LogP contribution in [0.4, 0.5) is 0 Å². The first-order valence-corrected chi connectivity index (χ1v) is 32.2. The third kappa shape index (κ3) is 10.9. The van der Waals surface area contributed by atoms with Crippen LogP contribution in [0.5, 0.6) is 0 Å². The van der Waals surface area contributed by atoms with Crippen molar-refractivity contribution in [3.8, 4) is 0 Å². The lowest BCUT2D eigenvalue weighted by Gasteiger charge is -2.59. The Morgan fingerprint density at radius 2 is 1.05 bits per heavy atom. The summed E-state index contributed by atoms with van der Waals surface area (Å²) in [6.45, 7) is 14.0. The summed E-state index contributed by atoms with van der Waals surface area (Å²) in [5, 5.41) is 70.5. The molecule has 0 heterocycles. The van der Waals surface area contributed by atoms with Crippen LogP contribution >= 0.6 is 0 Å². The number of nitrogens with zero attached hydrogens (tertiary/aromatic N) is 3. The lowest BCUT2D eigenvalue weighted by atomic mass is 9.46. The smallest absolute Gasteiger partial charge is 0.344 e. The molecular weight excluding hydrogens is 1070 g/mol. The third-order valence-corrected chi connectivity index (χ3v) is 26.1. The van der Waals surface area contributed by atoms with Gasteiger partial charge in [0.1, 0.15) is 5.60 Å². The highest BCUT2D eigenvalue weighted by Gasteiger charge is 2.66. The van der Waals surface area contributed by atoms with Gasteiger partial charge in [-0.1, -0.05) is 66.8 Å². The maximum absolute atomic E-state index is 12.3. The largest absolute Gasteiger partial charge is 0.479 e. The monoisotopic (exact) mass is 1170 g/mol. The van der Waals surface area contributed by atoms with Crippen molar-refractivity contribution >= 4 is 47.1 Å². The van der Waals surface area contributed by atoms with Gasteiger partial charge in [0, 0.05) is 17.3 Å². The summed E-state index contributed by atoms with van der Waals surface area (Å²) in [5.41, 5.74) is 4.67. The minimum absolute atomic E-state index is 0.00497. The number of carboxylic acid groups (broad SMARTS) is 3. The van der Waals surface area contributed by atoms with Gasteiger partial charge in [0.25, 0.3) is 0 Å². The molecule has 9 saturated carbocycles. The van der Waals surface area contributed by atoms with Crippen LogP contribution in [0.3, 0.4) is 0 Å². The Balaban J connectivity index is 0.000000140. The zero-order valence-electron chi connectivity index (χ0n) is 51.1. The molecule has 0 saturated heterocycles. The third-order valence-electron chi connectivity index (χ3n) is 26.1. The molecule has 0 spiro atoms. The number of carbonyl (C=O) groups is 5. The molecule has 19 atom stereocenters. The number of Topliss-reactive ketones (excluding diaryl/α,β-unsaturated/α-hetero) is 1. The van der Waals surface area contributed by atoms with E-state index in [0.717, 1.165) is 144 Å². The van der Waals surface area contributed by atoms with E-state index in [2.05, 4.69) is 62.2 Å². The van der Waals surface area contributed by atoms with E-state index < -0.39 is 36.7 Å². The van der Waals surface area contributed by atoms with Crippen LogP contribution in [-0.4, -0.2) is 115 Å². The normalized spacial score (nSPS) is 44.5. The van der Waals surface area contributed by atoms with Crippen molar-refractivity contribution in [2.45, 2.75) is 220 Å². The number of rotatable bonds is 12. The Morgan fingerprint density at radius 1 is 0.560 bits per heavy atom. The zero-order chi connectivity index (χ0) is 60.4. The maximum Gasteiger partial charge on any atom is 0.344 e. The Bertz CT molecular complexity index is 2770. The summed E-state index contributed by atoms with van der Waals surface area (Å²) in [6, 6.07) is 0. The molecule has 17 heteroatoms. The van der Waals surface area contributed by atoms with E-state index in [0.29, 0.717) is 59.7 Å². The number of carboxylic acids is 3. The van der Waals surface area contributed by atoms with Crippen molar-refractivity contribution in [3.05, 3.63) is 34.9 Å². The number of hydrogen-bond donors (Lipinski definition) is 6. The van der Waals surface area contributed by atoms with Gasteiger partial charge in [-0.25, -0.2) is 14.4 Å². The molecule has 0 amide bonds. The van der Waals surface area contributed by atoms with Crippen LogP contribution in [0.25, 0.3) is 0 Å². The van der Waals surface area contributed by atoms with E-state index in [1.807, 2.05) is 6.92 Å². The molecule has 9 fully saturated rings. The lowest BCUT2D eigenvalue weighted by Crippen LogP contribution is -2.57. The minimum atomic E-state index is -1.16. The molecule has 12 aliphatic rings. The van der Waals surface area contributed by atoms with Crippen molar-refractivity contribution < 1.29 is 69.1 Å². The quantitative estimate of drug-likeness (QED) is 0.0784. The molecule has 0 aromatic carbocycles. The minimum Gasteiger partial charge on any atom is -0.479 e. The SMILES string of the molecule is CC(=O)[C@@]1(O)CCC2C3CCC4=C/C(=N\OCC(=O)O)CC[C@]4(C)C3CC[C@@]21C.CC(O)C1CCC2C3CCC4=C/C(=N\OCC(=O)O)CC[C@]4(C)C3CC[C@]12C.C[C@]12CCC3C(CCC4=CC(=O)CC[C@@]43/C=N/OCC(=O)O)C1CC[C@@H]2O. The molecule has 0 aromatic rings. The maximum atomic E-state index is 12.3. The summed E-state index contributed by atoms with van der Waals surface area (Å²) in [4.78, 5) is 71.3. The zero-order valence-corrected chi connectivity index (χ0v) is 51.1. The summed E-state index contributed by atoms with van der Waals surface area (Å²) >= 11 is 0. The van der Waals surface area contributed by atoms with E-state index in [9.17, 15) is 39.3 Å². The molecule has 12 rings (SSSR count). The second kappa shape index (κ2) is 23.7. The molecule has 0 radical (unpaired) electrons. The highest BCUT2D eigenvalue weighted by molar-refractivity contribution is 5.97. The molecule has 12 aliphatic carbocycles. The summed E-state index contributed by atoms with van der Waals surface area (Å²) in [5.74, 6) is 2.67. The van der Waals surface area contributed by atoms with Crippen molar-refractivity contribution in [2.24, 2.45) is 107 Å². The van der Waals surface area contributed by atoms with Crippen LogP contribution in [0.1, 0.15) is 203 Å². The van der Waals surface area contributed by atoms with E-state index in [1.165, 1.54) is 43.3 Å². The van der Waals surface area contributed by atoms with Crippen LogP contribution in [-0.2, 0) is 38.5 Å². The lowest BCUT2D eigenvalue weighted by molar-refractivity contribution is -0.159. The Kier molecular flexibility index (Phi) is 17.6. The molecule has 0 aliphatic heterocycles. The standard InChI is InChI=1S/C23H33NO5.C23H35NO4.C21H29NO5/c1-14(25)23(28)11-8-19-17-5-4-15-12-16(24-29-13-20(26)27)6-9-21(15,2)18(17)7-10-22(19,23)3;1-14(25)18-6-7-19-17-5-4-15-12-16(24-28-13-21(26)27)8-10-22(15,2)20(17)9-11-23(18,19)3;1-20-8-7-17-15(16(20)4-5-18(20)24)3-2-13-10-14(23)6-9-21(13,17)12-22-27-11-19(25)26/h12,17-19,28H,4-11,13H2,1-3H3,(H,26,27);12,14,17-20,25H,4-11,13H2,1-3H3,(H,26,27);10,12,15-18,24H,2-9,11H2,1H3,(H,25,26)/b2*24-16-;22-12+/t17?,18?,19?,21-,22-,23-;14?,17?,18?,19?,20?,22-,23+;15?,16?,17?,18-,20-,21+/m000/s1. The van der Waals surface area contributed by atoms with Crippen molar-refractivity contribution in [1.82, 2.24) is 0 Å². The van der Waals surface area contributed by atoms with Crippen molar-refractivity contribution in [3.63, 3.8) is 0 Å². The predicted octanol–water partition coefficient (Wildman–Crippen LogP) is 11.1. The highest BCUT2D eigenvalue weighted by atomic mass is 16.6. The Hall–Kier alpha value is -4.74. The summed E-state index contributed by atoms with van der Waals surface area (Å²) in [7, 11) is 0. The van der Waals surface area contributed by atoms with Gasteiger partial charge < -0.3 is 45.2 Å². The first-order valence-electron chi connectivity index (χ1n) is 32.2. The van der Waals surface area contributed by atoms with Gasteiger partial charge in [-0.15, -0.1) is 0 Å². The number of aliphatic hydroxyl groups excluding tert-OH is 2. The first-order chi connectivity index (χ1) is 39.7. The molecule has 6 N–H and O–H groups in total. The van der Waals surface area contributed by atoms with Crippen molar-refractivity contribution in [2.75, 3.05) is 19.8 Å². The topological polar surface area (TPSA) is 272 Å². The van der Waals surface area contributed by atoms with Gasteiger partial charge >= 0.3 is 17.9 Å². The number of carbonyl (C=O) groups excluding carboxylic acids is 2. The van der Waals surface area contributed by atoms with Crippen LogP contribution in [0.2, 0.25) is 0 Å². The molecular formula is C67H97N3O14. The number of fused-ring (bicyclic) bond motifs is 15. The van der Waals surface area contributed by atoms with Gasteiger partial charge in [-0.3, -0.25) is 9.59 Å². The number of oxime groups is 3. The second-order valence-electron chi connectivity index (χ2n) is 29.5. The van der Waals surface area contributed by atoms with Gasteiger partial charge in [0.2, 0.25) is 19.8 Å². The van der Waals surface area contributed by atoms with E-state index in [4.69, 9.17) is 29.8 Å². The molecule has 464 valence electrons. The fourth-order valence-corrected chi connectivity index (χ4v) is 21.8. The van der Waals surface area contributed by atoms with Gasteiger partial charge in [0.15, 0.2) is 11.6 Å².